The van der Waals surface area contributed by atoms with Gasteiger partial charge < -0.3 is 9.30 Å². The Morgan fingerprint density at radius 1 is 1.27 bits per heavy atom. The van der Waals surface area contributed by atoms with Gasteiger partial charge in [0.15, 0.2) is 5.78 Å². The number of nitrogens with one attached hydrogen (secondary N) is 1. The van der Waals surface area contributed by atoms with E-state index in [1.165, 1.54) is 6.92 Å². The molecule has 0 bridgehead atoms. The molecule has 170 valence electrons. The molecular weight excluding hydrogens is 437 g/mol. The smallest absolute Gasteiger partial charge is 0.381 e. The maximum atomic E-state index is 13.5. The molecule has 4 heterocycles. The van der Waals surface area contributed by atoms with Crippen molar-refractivity contribution in [1.82, 2.24) is 29.9 Å². The molecule has 4 aromatic rings. The summed E-state index contributed by atoms with van der Waals surface area (Å²) < 4.78 is 47.6. The number of rotatable bonds is 5. The number of aryl methyl sites for hydroxylation is 1. The van der Waals surface area contributed by atoms with E-state index in [4.69, 9.17) is 4.74 Å². The van der Waals surface area contributed by atoms with Gasteiger partial charge in [0, 0.05) is 30.8 Å². The molecule has 0 saturated carbocycles. The topological polar surface area (TPSA) is 98.6 Å². The zero-order chi connectivity index (χ0) is 23.3. The highest BCUT2D eigenvalue weighted by Gasteiger charge is 2.36. The first-order valence-corrected chi connectivity index (χ1v) is 10.2. The SMILES string of the molecule is CC(=O)c1nc(C(F)(F)F)cc2c(-c3cccc(C(c4nncn4C)C4COC4)c3)n[nH]c12. The van der Waals surface area contributed by atoms with Gasteiger partial charge in [-0.3, -0.25) is 9.89 Å². The minimum atomic E-state index is -4.70. The van der Waals surface area contributed by atoms with Gasteiger partial charge in [-0.25, -0.2) is 4.98 Å². The number of hydrogen-bond donors (Lipinski definition) is 1. The van der Waals surface area contributed by atoms with Crippen LogP contribution < -0.4 is 0 Å². The minimum absolute atomic E-state index is 0.100. The Hall–Kier alpha value is -3.60. The summed E-state index contributed by atoms with van der Waals surface area (Å²) in [5.41, 5.74) is 0.586. The number of ketones is 1. The van der Waals surface area contributed by atoms with Gasteiger partial charge in [0.05, 0.1) is 24.6 Å². The molecule has 1 aliphatic rings. The van der Waals surface area contributed by atoms with Gasteiger partial charge >= 0.3 is 6.18 Å². The molecular formula is C22H19F3N6O2. The number of carbonyl (C=O) groups is 1. The first kappa shape index (κ1) is 21.3. The second kappa shape index (κ2) is 7.77. The number of benzene rings is 1. The van der Waals surface area contributed by atoms with Crippen molar-refractivity contribution in [1.29, 1.82) is 0 Å². The van der Waals surface area contributed by atoms with Crippen molar-refractivity contribution in [3.63, 3.8) is 0 Å². The third kappa shape index (κ3) is 3.67. The lowest BCUT2D eigenvalue weighted by atomic mass is 9.83. The number of carbonyl (C=O) groups excluding carboxylic acids is 1. The summed E-state index contributed by atoms with van der Waals surface area (Å²) in [5, 5.41) is 15.4. The molecule has 8 nitrogen and oxygen atoms in total. The van der Waals surface area contributed by atoms with E-state index >= 15 is 0 Å². The summed E-state index contributed by atoms with van der Waals surface area (Å²) in [6, 6.07) is 8.35. The van der Waals surface area contributed by atoms with Crippen LogP contribution in [0.4, 0.5) is 13.2 Å². The van der Waals surface area contributed by atoms with Crippen LogP contribution in [0.2, 0.25) is 0 Å². The quantitative estimate of drug-likeness (QED) is 0.459. The normalized spacial score (nSPS) is 15.5. The zero-order valence-corrected chi connectivity index (χ0v) is 17.7. The van der Waals surface area contributed by atoms with Gasteiger partial charge in [0.25, 0.3) is 0 Å². The largest absolute Gasteiger partial charge is 0.433 e. The summed E-state index contributed by atoms with van der Waals surface area (Å²) in [4.78, 5) is 15.5. The van der Waals surface area contributed by atoms with Crippen molar-refractivity contribution in [2.45, 2.75) is 19.0 Å². The zero-order valence-electron chi connectivity index (χ0n) is 17.7. The molecule has 1 aliphatic heterocycles. The van der Waals surface area contributed by atoms with Gasteiger partial charge in [-0.2, -0.15) is 18.3 Å². The van der Waals surface area contributed by atoms with E-state index in [2.05, 4.69) is 25.4 Å². The average Bonchev–Trinajstić information content (AvgIpc) is 3.35. The molecule has 33 heavy (non-hydrogen) atoms. The number of fused-ring (bicyclic) bond motifs is 1. The Bertz CT molecular complexity index is 1360. The van der Waals surface area contributed by atoms with Crippen molar-refractivity contribution in [3.8, 4) is 11.3 Å². The van der Waals surface area contributed by atoms with Gasteiger partial charge in [0.1, 0.15) is 29.2 Å². The maximum absolute atomic E-state index is 13.5. The molecule has 3 aromatic heterocycles. The highest BCUT2D eigenvalue weighted by Crippen LogP contribution is 2.38. The fourth-order valence-corrected chi connectivity index (χ4v) is 4.17. The molecule has 1 fully saturated rings. The lowest BCUT2D eigenvalue weighted by molar-refractivity contribution is -0.141. The van der Waals surface area contributed by atoms with Crippen molar-refractivity contribution in [2.24, 2.45) is 13.0 Å². The highest BCUT2D eigenvalue weighted by molar-refractivity contribution is 6.07. The number of ether oxygens (including phenoxy) is 1. The summed E-state index contributed by atoms with van der Waals surface area (Å²) >= 11 is 0. The van der Waals surface area contributed by atoms with E-state index in [0.717, 1.165) is 17.5 Å². The van der Waals surface area contributed by atoms with Crippen LogP contribution in [0.3, 0.4) is 0 Å². The maximum Gasteiger partial charge on any atom is 0.433 e. The number of H-pyrrole nitrogens is 1. The third-order valence-corrected chi connectivity index (χ3v) is 5.86. The van der Waals surface area contributed by atoms with Crippen LogP contribution in [0.25, 0.3) is 22.2 Å². The van der Waals surface area contributed by atoms with Gasteiger partial charge in [-0.1, -0.05) is 18.2 Å². The fraction of sp³-hybridized carbons (Fsp3) is 0.318. The van der Waals surface area contributed by atoms with E-state index in [0.29, 0.717) is 24.5 Å². The number of Topliss-reactive ketones (excluding diaryl/α,β-unsaturated/α-hetero) is 1. The second-order valence-electron chi connectivity index (χ2n) is 8.11. The Kier molecular flexibility index (Phi) is 5.00. The summed E-state index contributed by atoms with van der Waals surface area (Å²) in [6.07, 6.45) is -3.07. The molecule has 1 unspecified atom stereocenters. The Balaban J connectivity index is 1.66. The van der Waals surface area contributed by atoms with Gasteiger partial charge in [-0.15, -0.1) is 10.2 Å². The first-order chi connectivity index (χ1) is 15.7. The first-order valence-electron chi connectivity index (χ1n) is 10.2. The number of halogens is 3. The summed E-state index contributed by atoms with van der Waals surface area (Å²) in [7, 11) is 1.86. The van der Waals surface area contributed by atoms with Crippen LogP contribution in [0.15, 0.2) is 36.7 Å². The summed E-state index contributed by atoms with van der Waals surface area (Å²) in [6.45, 7) is 2.33. The Morgan fingerprint density at radius 2 is 2.06 bits per heavy atom. The van der Waals surface area contributed by atoms with Crippen LogP contribution in [0.1, 0.15) is 40.4 Å². The predicted octanol–water partition coefficient (Wildman–Crippen LogP) is 3.75. The van der Waals surface area contributed by atoms with Crippen LogP contribution in [0, 0.1) is 5.92 Å². The lowest BCUT2D eigenvalue weighted by Gasteiger charge is -2.33. The second-order valence-corrected chi connectivity index (χ2v) is 8.11. The van der Waals surface area contributed by atoms with Crippen molar-refractivity contribution >= 4 is 16.7 Å². The molecule has 5 rings (SSSR count). The number of aromatic nitrogens is 6. The van der Waals surface area contributed by atoms with Crippen LogP contribution in [-0.2, 0) is 18.0 Å². The lowest BCUT2D eigenvalue weighted by Crippen LogP contribution is -2.34. The van der Waals surface area contributed by atoms with Crippen LogP contribution in [0.5, 0.6) is 0 Å². The van der Waals surface area contributed by atoms with Crippen LogP contribution in [-0.4, -0.2) is 48.9 Å². The van der Waals surface area contributed by atoms with Crippen molar-refractivity contribution < 1.29 is 22.7 Å². The standard InChI is InChI=1S/C22H19F3N6O2/c1-11(32)18-20-15(7-16(27-18)22(23,24)25)19(28-29-20)13-5-3-4-12(6-13)17(14-8-33-9-14)21-30-26-10-31(21)2/h3-7,10,14,17H,8-9H2,1-2H3,(H,28,29). The van der Waals surface area contributed by atoms with E-state index in [-0.39, 0.29) is 28.4 Å². The predicted molar refractivity (Wildman–Crippen MR) is 111 cm³/mol. The van der Waals surface area contributed by atoms with Gasteiger partial charge in [0.2, 0.25) is 0 Å². The number of alkyl halides is 3. The summed E-state index contributed by atoms with van der Waals surface area (Å²) in [5.74, 6) is 0.290. The number of nitrogens with zero attached hydrogens (tertiary/aromatic N) is 5. The molecule has 1 atom stereocenters. The molecule has 0 spiro atoms. The minimum Gasteiger partial charge on any atom is -0.381 e. The molecule has 1 saturated heterocycles. The van der Waals surface area contributed by atoms with Crippen LogP contribution >= 0.6 is 0 Å². The van der Waals surface area contributed by atoms with Crippen molar-refractivity contribution in [3.05, 3.63) is 59.4 Å². The number of aromatic amines is 1. The van der Waals surface area contributed by atoms with Gasteiger partial charge in [-0.05, 0) is 17.7 Å². The van der Waals surface area contributed by atoms with E-state index < -0.39 is 17.7 Å². The molecule has 0 aliphatic carbocycles. The van der Waals surface area contributed by atoms with Crippen molar-refractivity contribution in [2.75, 3.05) is 13.2 Å². The molecule has 0 radical (unpaired) electrons. The van der Waals surface area contributed by atoms with E-state index in [1.807, 2.05) is 29.8 Å². The Morgan fingerprint density at radius 3 is 2.67 bits per heavy atom. The van der Waals surface area contributed by atoms with E-state index in [9.17, 15) is 18.0 Å². The fourth-order valence-electron chi connectivity index (χ4n) is 4.17. The third-order valence-electron chi connectivity index (χ3n) is 5.86. The monoisotopic (exact) mass is 456 g/mol. The highest BCUT2D eigenvalue weighted by atomic mass is 19.4. The molecule has 11 heteroatoms. The molecule has 0 amide bonds. The number of hydrogen-bond acceptors (Lipinski definition) is 6. The molecule has 1 aromatic carbocycles. The average molecular weight is 456 g/mol. The molecule has 1 N–H and O–H groups in total. The van der Waals surface area contributed by atoms with E-state index in [1.54, 1.807) is 12.4 Å². The number of pyridine rings is 1. The Labute approximate surface area is 185 Å².